The third-order valence-electron chi connectivity index (χ3n) is 2.99. The van der Waals surface area contributed by atoms with E-state index in [4.69, 9.17) is 0 Å². The van der Waals surface area contributed by atoms with Crippen molar-refractivity contribution in [2.24, 2.45) is 0 Å². The normalized spacial score (nSPS) is 12.3. The highest BCUT2D eigenvalue weighted by Gasteiger charge is 2.18. The second kappa shape index (κ2) is 7.98. The molecule has 0 aliphatic carbocycles. The molecule has 0 radical (unpaired) electrons. The Morgan fingerprint density at radius 2 is 1.68 bits per heavy atom. The van der Waals surface area contributed by atoms with Gasteiger partial charge in [0.1, 0.15) is 6.04 Å². The lowest BCUT2D eigenvalue weighted by atomic mass is 10.2. The zero-order chi connectivity index (χ0) is 18.6. The van der Waals surface area contributed by atoms with Gasteiger partial charge in [-0.05, 0) is 59.3 Å². The number of rotatable bonds is 6. The maximum Gasteiger partial charge on any atom is 0.262 e. The lowest BCUT2D eigenvalue weighted by molar-refractivity contribution is -0.117. The molecule has 0 aliphatic heterocycles. The molecule has 2 aromatic rings. The largest absolute Gasteiger partial charge is 0.340 e. The van der Waals surface area contributed by atoms with Crippen LogP contribution in [0.5, 0.6) is 0 Å². The molecule has 0 bridgehead atoms. The molecule has 0 saturated heterocycles. The molecule has 1 aromatic heterocycles. The zero-order valence-electron chi connectivity index (χ0n) is 13.4. The summed E-state index contributed by atoms with van der Waals surface area (Å²) in [5.74, 6) is -0.709. The molecule has 25 heavy (non-hydrogen) atoms. The highest BCUT2D eigenvalue weighted by molar-refractivity contribution is 9.11. The number of amides is 2. The Balaban J connectivity index is 1.93. The average Bonchev–Trinajstić information content (AvgIpc) is 2.94. The maximum absolute atomic E-state index is 12.2. The summed E-state index contributed by atoms with van der Waals surface area (Å²) in [5, 5.41) is 5.28. The Bertz CT molecular complexity index is 878. The first-order valence-corrected chi connectivity index (χ1v) is 10.6. The van der Waals surface area contributed by atoms with Crippen molar-refractivity contribution in [2.45, 2.75) is 13.0 Å². The van der Waals surface area contributed by atoms with E-state index < -0.39 is 16.1 Å². The molecule has 1 atom stereocenters. The molecular weight excluding hydrogens is 430 g/mol. The first kappa shape index (κ1) is 19.4. The predicted molar refractivity (Wildman–Crippen MR) is 102 cm³/mol. The Hall–Kier alpha value is -1.91. The minimum Gasteiger partial charge on any atom is -0.340 e. The summed E-state index contributed by atoms with van der Waals surface area (Å²) in [6, 6.07) is 8.89. The van der Waals surface area contributed by atoms with Gasteiger partial charge in [0.2, 0.25) is 15.9 Å². The van der Waals surface area contributed by atoms with Crippen LogP contribution in [0.15, 0.2) is 40.2 Å². The number of sulfonamides is 1. The van der Waals surface area contributed by atoms with Crippen molar-refractivity contribution < 1.29 is 18.0 Å². The van der Waals surface area contributed by atoms with E-state index >= 15 is 0 Å². The van der Waals surface area contributed by atoms with Gasteiger partial charge in [-0.15, -0.1) is 11.3 Å². The van der Waals surface area contributed by atoms with Gasteiger partial charge in [0.05, 0.1) is 14.9 Å². The summed E-state index contributed by atoms with van der Waals surface area (Å²) in [4.78, 5) is 24.7. The van der Waals surface area contributed by atoms with Gasteiger partial charge in [0, 0.05) is 11.4 Å². The van der Waals surface area contributed by atoms with Gasteiger partial charge in [-0.1, -0.05) is 0 Å². The fraction of sp³-hybridized carbons (Fsp3) is 0.200. The van der Waals surface area contributed by atoms with Gasteiger partial charge in [0.15, 0.2) is 0 Å². The van der Waals surface area contributed by atoms with E-state index in [1.165, 1.54) is 23.5 Å². The lowest BCUT2D eigenvalue weighted by Crippen LogP contribution is -2.41. The number of thiophene rings is 1. The Kier molecular flexibility index (Phi) is 6.20. The van der Waals surface area contributed by atoms with Crippen LogP contribution in [-0.2, 0) is 14.8 Å². The average molecular weight is 446 g/mol. The van der Waals surface area contributed by atoms with Gasteiger partial charge in [-0.2, -0.15) is 0 Å². The number of hydrogen-bond acceptors (Lipinski definition) is 5. The Morgan fingerprint density at radius 3 is 2.20 bits per heavy atom. The van der Waals surface area contributed by atoms with E-state index in [1.54, 1.807) is 31.2 Å². The molecule has 134 valence electrons. The quantitative estimate of drug-likeness (QED) is 0.635. The molecular formula is C15H16BrN3O4S2. The summed E-state index contributed by atoms with van der Waals surface area (Å²) in [7, 11) is -3.35. The molecule has 0 fully saturated rings. The summed E-state index contributed by atoms with van der Waals surface area (Å²) >= 11 is 4.56. The molecule has 2 rings (SSSR count). The first-order valence-electron chi connectivity index (χ1n) is 7.09. The first-order chi connectivity index (χ1) is 11.6. The zero-order valence-corrected chi connectivity index (χ0v) is 16.6. The van der Waals surface area contributed by atoms with Crippen LogP contribution in [0, 0.1) is 0 Å². The molecule has 1 unspecified atom stereocenters. The monoisotopic (exact) mass is 445 g/mol. The number of nitrogens with one attached hydrogen (secondary N) is 3. The van der Waals surface area contributed by atoms with Crippen molar-refractivity contribution in [3.8, 4) is 0 Å². The second-order valence-corrected chi connectivity index (χ2v) is 9.45. The second-order valence-electron chi connectivity index (χ2n) is 5.24. The van der Waals surface area contributed by atoms with Crippen LogP contribution in [0.25, 0.3) is 0 Å². The van der Waals surface area contributed by atoms with Crippen molar-refractivity contribution in [3.63, 3.8) is 0 Å². The predicted octanol–water partition coefficient (Wildman–Crippen LogP) is 2.64. The van der Waals surface area contributed by atoms with E-state index in [-0.39, 0.29) is 11.8 Å². The van der Waals surface area contributed by atoms with Gasteiger partial charge in [0.25, 0.3) is 5.91 Å². The van der Waals surface area contributed by atoms with E-state index in [9.17, 15) is 18.0 Å². The standard InChI is InChI=1S/C15H16BrN3O4S2/c1-9(17-15(21)12-7-8-13(16)24-12)14(20)18-10-3-5-11(6-4-10)19-25(2,22)23/h3-9,19H,1-2H3,(H,17,21)(H,18,20). The molecule has 0 saturated carbocycles. The Morgan fingerprint density at radius 1 is 1.08 bits per heavy atom. The van der Waals surface area contributed by atoms with Crippen molar-refractivity contribution in [2.75, 3.05) is 16.3 Å². The van der Waals surface area contributed by atoms with E-state index in [2.05, 4.69) is 31.3 Å². The topological polar surface area (TPSA) is 104 Å². The number of anilines is 2. The third kappa shape index (κ3) is 6.15. The number of carbonyl (C=O) groups is 2. The van der Waals surface area contributed by atoms with Crippen LogP contribution < -0.4 is 15.4 Å². The molecule has 10 heteroatoms. The molecule has 0 aliphatic rings. The van der Waals surface area contributed by atoms with Crippen LogP contribution in [0.4, 0.5) is 11.4 Å². The van der Waals surface area contributed by atoms with Gasteiger partial charge >= 0.3 is 0 Å². The van der Waals surface area contributed by atoms with Crippen LogP contribution in [0.1, 0.15) is 16.6 Å². The summed E-state index contributed by atoms with van der Waals surface area (Å²) < 4.78 is 25.5. The van der Waals surface area contributed by atoms with Crippen LogP contribution in [0.3, 0.4) is 0 Å². The molecule has 1 heterocycles. The Labute approximate surface area is 158 Å². The van der Waals surface area contributed by atoms with Crippen molar-refractivity contribution in [3.05, 3.63) is 45.1 Å². The van der Waals surface area contributed by atoms with Crippen molar-refractivity contribution in [1.29, 1.82) is 0 Å². The van der Waals surface area contributed by atoms with E-state index in [1.807, 2.05) is 0 Å². The number of carbonyl (C=O) groups excluding carboxylic acids is 2. The van der Waals surface area contributed by atoms with Crippen molar-refractivity contribution >= 4 is 60.5 Å². The number of benzene rings is 1. The minimum atomic E-state index is -3.35. The van der Waals surface area contributed by atoms with E-state index in [0.29, 0.717) is 16.3 Å². The molecule has 1 aromatic carbocycles. The highest BCUT2D eigenvalue weighted by atomic mass is 79.9. The lowest BCUT2D eigenvalue weighted by Gasteiger charge is -2.14. The fourth-order valence-corrected chi connectivity index (χ4v) is 3.71. The molecule has 0 spiro atoms. The van der Waals surface area contributed by atoms with E-state index in [0.717, 1.165) is 10.0 Å². The minimum absolute atomic E-state index is 0.328. The highest BCUT2D eigenvalue weighted by Crippen LogP contribution is 2.22. The number of halogens is 1. The maximum atomic E-state index is 12.2. The van der Waals surface area contributed by atoms with Crippen LogP contribution in [0.2, 0.25) is 0 Å². The summed E-state index contributed by atoms with van der Waals surface area (Å²) in [5.41, 5.74) is 0.883. The van der Waals surface area contributed by atoms with Crippen LogP contribution >= 0.6 is 27.3 Å². The van der Waals surface area contributed by atoms with Gasteiger partial charge < -0.3 is 10.6 Å². The molecule has 3 N–H and O–H groups in total. The van der Waals surface area contributed by atoms with Crippen LogP contribution in [-0.4, -0.2) is 32.5 Å². The fourth-order valence-electron chi connectivity index (χ4n) is 1.86. The van der Waals surface area contributed by atoms with Gasteiger partial charge in [-0.3, -0.25) is 14.3 Å². The SMILES string of the molecule is CC(NC(=O)c1ccc(Br)s1)C(=O)Nc1ccc(NS(C)(=O)=O)cc1. The molecule has 2 amide bonds. The number of hydrogen-bond donors (Lipinski definition) is 3. The summed E-state index contributed by atoms with van der Waals surface area (Å²) in [6.45, 7) is 1.58. The smallest absolute Gasteiger partial charge is 0.262 e. The van der Waals surface area contributed by atoms with Crippen molar-refractivity contribution in [1.82, 2.24) is 5.32 Å². The third-order valence-corrected chi connectivity index (χ3v) is 5.22. The molecule has 7 nitrogen and oxygen atoms in total. The summed E-state index contributed by atoms with van der Waals surface area (Å²) in [6.07, 6.45) is 1.05. The van der Waals surface area contributed by atoms with Gasteiger partial charge in [-0.25, -0.2) is 8.42 Å².